The van der Waals surface area contributed by atoms with Crippen molar-refractivity contribution >= 4 is 16.9 Å². The largest absolute Gasteiger partial charge is 0.486 e. The van der Waals surface area contributed by atoms with Crippen LogP contribution in [-0.4, -0.2) is 22.2 Å². The molecule has 0 bridgehead atoms. The first kappa shape index (κ1) is 13.6. The van der Waals surface area contributed by atoms with E-state index in [9.17, 15) is 19.1 Å². The number of hydrogen-bond donors (Lipinski definition) is 1. The second-order valence-corrected chi connectivity index (χ2v) is 5.17. The zero-order valence-corrected chi connectivity index (χ0v) is 11.6. The summed E-state index contributed by atoms with van der Waals surface area (Å²) >= 11 is 0. The van der Waals surface area contributed by atoms with Crippen molar-refractivity contribution in [3.8, 4) is 5.75 Å². The molecule has 0 fully saturated rings. The van der Waals surface area contributed by atoms with Crippen molar-refractivity contribution in [3.63, 3.8) is 0 Å². The van der Waals surface area contributed by atoms with E-state index >= 15 is 0 Å². The number of halogens is 1. The maximum Gasteiger partial charge on any atom is 0.341 e. The number of ether oxygens (including phenoxy) is 1. The van der Waals surface area contributed by atoms with Crippen molar-refractivity contribution in [3.05, 3.63) is 39.4 Å². The zero-order chi connectivity index (χ0) is 15.3. The molecule has 1 N–H and O–H groups in total. The van der Waals surface area contributed by atoms with E-state index in [1.807, 2.05) is 6.92 Å². The predicted molar refractivity (Wildman–Crippen MR) is 74.7 cm³/mol. The first-order chi connectivity index (χ1) is 9.95. The average molecular weight is 291 g/mol. The quantitative estimate of drug-likeness (QED) is 0.922. The Morgan fingerprint density at radius 1 is 1.57 bits per heavy atom. The number of pyridine rings is 1. The number of rotatable bonds is 2. The Morgan fingerprint density at radius 2 is 2.29 bits per heavy atom. The van der Waals surface area contributed by atoms with Crippen LogP contribution in [0.2, 0.25) is 0 Å². The smallest absolute Gasteiger partial charge is 0.341 e. The highest BCUT2D eigenvalue weighted by Gasteiger charge is 2.27. The molecule has 6 heteroatoms. The van der Waals surface area contributed by atoms with E-state index in [-0.39, 0.29) is 29.3 Å². The van der Waals surface area contributed by atoms with Crippen LogP contribution in [-0.2, 0) is 6.42 Å². The van der Waals surface area contributed by atoms with Gasteiger partial charge in [-0.3, -0.25) is 4.79 Å². The molecule has 0 saturated carbocycles. The molecule has 2 heterocycles. The molecule has 5 nitrogen and oxygen atoms in total. The molecule has 21 heavy (non-hydrogen) atoms. The van der Waals surface area contributed by atoms with Crippen LogP contribution in [0.25, 0.3) is 10.9 Å². The molecule has 1 aliphatic heterocycles. The van der Waals surface area contributed by atoms with Gasteiger partial charge in [0.2, 0.25) is 5.43 Å². The van der Waals surface area contributed by atoms with Gasteiger partial charge in [-0.05, 0) is 25.0 Å². The minimum atomic E-state index is -1.28. The average Bonchev–Trinajstić information content (AvgIpc) is 2.45. The normalized spacial score (nSPS) is 16.8. The Morgan fingerprint density at radius 3 is 2.90 bits per heavy atom. The molecule has 0 saturated heterocycles. The second kappa shape index (κ2) is 4.58. The number of aromatic nitrogens is 1. The van der Waals surface area contributed by atoms with E-state index in [0.717, 1.165) is 0 Å². The molecule has 1 aromatic carbocycles. The van der Waals surface area contributed by atoms with Crippen molar-refractivity contribution in [2.24, 2.45) is 0 Å². The summed E-state index contributed by atoms with van der Waals surface area (Å²) in [7, 11) is 0. The number of carbonyl (C=O) groups is 1. The minimum Gasteiger partial charge on any atom is -0.486 e. The number of aryl methyl sites for hydroxylation is 1. The fourth-order valence-corrected chi connectivity index (χ4v) is 2.69. The van der Waals surface area contributed by atoms with E-state index in [2.05, 4.69) is 0 Å². The maximum atomic E-state index is 14.4. The lowest BCUT2D eigenvalue weighted by atomic mass is 10.0. The van der Waals surface area contributed by atoms with Gasteiger partial charge < -0.3 is 14.4 Å². The van der Waals surface area contributed by atoms with Crippen LogP contribution in [0, 0.1) is 5.82 Å². The topological polar surface area (TPSA) is 68.5 Å². The third-order valence-electron chi connectivity index (χ3n) is 3.84. The lowest BCUT2D eigenvalue weighted by molar-refractivity contribution is 0.0694. The summed E-state index contributed by atoms with van der Waals surface area (Å²) < 4.78 is 21.4. The Hall–Kier alpha value is -2.37. The van der Waals surface area contributed by atoms with Crippen molar-refractivity contribution in [1.29, 1.82) is 0 Å². The van der Waals surface area contributed by atoms with E-state index in [4.69, 9.17) is 4.74 Å². The van der Waals surface area contributed by atoms with Gasteiger partial charge in [0, 0.05) is 6.20 Å². The third kappa shape index (κ3) is 1.82. The molecule has 1 unspecified atom stereocenters. The van der Waals surface area contributed by atoms with Crippen molar-refractivity contribution < 1.29 is 19.0 Å². The van der Waals surface area contributed by atoms with Crippen molar-refractivity contribution in [2.45, 2.75) is 26.3 Å². The van der Waals surface area contributed by atoms with Gasteiger partial charge in [-0.2, -0.15) is 0 Å². The number of hydrogen-bond acceptors (Lipinski definition) is 3. The van der Waals surface area contributed by atoms with Gasteiger partial charge in [0.05, 0.1) is 16.9 Å². The summed E-state index contributed by atoms with van der Waals surface area (Å²) in [6.45, 7) is 3.82. The summed E-state index contributed by atoms with van der Waals surface area (Å²) in [6.07, 6.45) is 1.67. The highest BCUT2D eigenvalue weighted by atomic mass is 19.1. The van der Waals surface area contributed by atoms with Crippen molar-refractivity contribution in [1.82, 2.24) is 4.57 Å². The fraction of sp³-hybridized carbons (Fsp3) is 0.333. The Labute approximate surface area is 119 Å². The highest BCUT2D eigenvalue weighted by molar-refractivity contribution is 5.95. The first-order valence-electron chi connectivity index (χ1n) is 6.72. The molecular weight excluding hydrogens is 277 g/mol. The first-order valence-corrected chi connectivity index (χ1v) is 6.72. The van der Waals surface area contributed by atoms with Gasteiger partial charge in [-0.25, -0.2) is 9.18 Å². The van der Waals surface area contributed by atoms with E-state index in [1.165, 1.54) is 12.3 Å². The summed E-state index contributed by atoms with van der Waals surface area (Å²) in [4.78, 5) is 23.6. The molecule has 1 aliphatic rings. The standard InChI is InChI=1S/C15H14FNO4/c1-3-8-4-9-12-14(11(8)16)21-6-7(2)17(12)5-10(13(9)18)15(19)20/h4-5,7H,3,6H2,1-2H3,(H,19,20). The number of aromatic carboxylic acids is 1. The lowest BCUT2D eigenvalue weighted by Crippen LogP contribution is -2.27. The number of benzene rings is 1. The molecule has 2 aromatic rings. The maximum absolute atomic E-state index is 14.4. The van der Waals surface area contributed by atoms with Gasteiger partial charge in [0.1, 0.15) is 12.2 Å². The Kier molecular flexibility index (Phi) is 2.97. The third-order valence-corrected chi connectivity index (χ3v) is 3.84. The summed E-state index contributed by atoms with van der Waals surface area (Å²) in [6, 6.07) is 1.26. The molecular formula is C15H14FNO4. The van der Waals surface area contributed by atoms with Gasteiger partial charge in [-0.15, -0.1) is 0 Å². The summed E-state index contributed by atoms with van der Waals surface area (Å²) in [5.74, 6) is -1.72. The van der Waals surface area contributed by atoms with E-state index in [0.29, 0.717) is 17.5 Å². The molecule has 3 rings (SSSR count). The van der Waals surface area contributed by atoms with Crippen LogP contribution in [0.4, 0.5) is 4.39 Å². The molecule has 0 aliphatic carbocycles. The second-order valence-electron chi connectivity index (χ2n) is 5.17. The van der Waals surface area contributed by atoms with Gasteiger partial charge in [-0.1, -0.05) is 6.92 Å². The molecule has 110 valence electrons. The SMILES string of the molecule is CCc1cc2c(=O)c(C(=O)O)cn3c2c(c1F)OCC3C. The Balaban J connectivity index is 2.54. The van der Waals surface area contributed by atoms with Crippen LogP contribution in [0.3, 0.4) is 0 Å². The predicted octanol–water partition coefficient (Wildman–Crippen LogP) is 2.35. The fourth-order valence-electron chi connectivity index (χ4n) is 2.69. The molecule has 0 spiro atoms. The van der Waals surface area contributed by atoms with Crippen LogP contribution >= 0.6 is 0 Å². The monoisotopic (exact) mass is 291 g/mol. The van der Waals surface area contributed by atoms with Gasteiger partial charge >= 0.3 is 5.97 Å². The van der Waals surface area contributed by atoms with Crippen LogP contribution in [0.15, 0.2) is 17.1 Å². The number of carboxylic acid groups (broad SMARTS) is 1. The summed E-state index contributed by atoms with van der Waals surface area (Å²) in [5, 5.41) is 9.37. The number of carboxylic acids is 1. The van der Waals surface area contributed by atoms with Crippen LogP contribution in [0.5, 0.6) is 5.75 Å². The Bertz CT molecular complexity index is 825. The van der Waals surface area contributed by atoms with Gasteiger partial charge in [0.25, 0.3) is 0 Å². The van der Waals surface area contributed by atoms with Gasteiger partial charge in [0.15, 0.2) is 11.6 Å². The molecule has 0 radical (unpaired) electrons. The summed E-state index contributed by atoms with van der Waals surface area (Å²) in [5.41, 5.74) is -0.241. The molecule has 0 amide bonds. The number of nitrogens with zero attached hydrogens (tertiary/aromatic N) is 1. The van der Waals surface area contributed by atoms with Crippen molar-refractivity contribution in [2.75, 3.05) is 6.61 Å². The van der Waals surface area contributed by atoms with Crippen LogP contribution in [0.1, 0.15) is 35.8 Å². The van der Waals surface area contributed by atoms with Crippen LogP contribution < -0.4 is 10.2 Å². The zero-order valence-electron chi connectivity index (χ0n) is 11.6. The lowest BCUT2D eigenvalue weighted by Gasteiger charge is -2.27. The molecule has 1 aromatic heterocycles. The van der Waals surface area contributed by atoms with E-state index in [1.54, 1.807) is 11.5 Å². The highest BCUT2D eigenvalue weighted by Crippen LogP contribution is 2.35. The molecule has 1 atom stereocenters. The minimum absolute atomic E-state index is 0.0384. The van der Waals surface area contributed by atoms with E-state index < -0.39 is 17.2 Å².